The number of carbonyl (C=O) groups is 2. The quantitative estimate of drug-likeness (QED) is 0.722. The standard InChI is InChI=1S/C24H35N3O5/c1-5-6-18-11-20-22(25-12-18)32-21(16(2)13-27(24(20)30)17(3)15-28)14-26(4)23(29)19-7-9-31-10-8-19/h5-6,11-12,16-17,19,21,28H,7-10,13-15H2,1-4H3/t16-,17+,21-/m0/s1. The van der Waals surface area contributed by atoms with Crippen molar-refractivity contribution in [3.8, 4) is 5.88 Å². The van der Waals surface area contributed by atoms with Gasteiger partial charge >= 0.3 is 0 Å². The van der Waals surface area contributed by atoms with E-state index in [1.165, 1.54) is 0 Å². The summed E-state index contributed by atoms with van der Waals surface area (Å²) < 4.78 is 11.6. The van der Waals surface area contributed by atoms with Crippen LogP contribution < -0.4 is 4.74 Å². The predicted octanol–water partition coefficient (Wildman–Crippen LogP) is 2.22. The molecule has 176 valence electrons. The number of amides is 2. The van der Waals surface area contributed by atoms with Crippen LogP contribution in [0.15, 0.2) is 18.3 Å². The molecule has 0 aromatic carbocycles. The second-order valence-corrected chi connectivity index (χ2v) is 8.85. The Labute approximate surface area is 190 Å². The molecule has 32 heavy (non-hydrogen) atoms. The fourth-order valence-electron chi connectivity index (χ4n) is 4.24. The Morgan fingerprint density at radius 1 is 1.41 bits per heavy atom. The van der Waals surface area contributed by atoms with E-state index in [0.29, 0.717) is 31.9 Å². The molecule has 0 aliphatic carbocycles. The van der Waals surface area contributed by atoms with Crippen molar-refractivity contribution in [2.45, 2.75) is 45.8 Å². The smallest absolute Gasteiger partial charge is 0.259 e. The van der Waals surface area contributed by atoms with Crippen molar-refractivity contribution in [2.24, 2.45) is 11.8 Å². The number of pyridine rings is 1. The summed E-state index contributed by atoms with van der Waals surface area (Å²) in [6.07, 6.45) is 6.56. The lowest BCUT2D eigenvalue weighted by Crippen LogP contribution is -2.51. The van der Waals surface area contributed by atoms with Gasteiger partial charge in [-0.3, -0.25) is 9.59 Å². The average molecular weight is 446 g/mol. The molecule has 1 N–H and O–H groups in total. The number of likely N-dealkylation sites (N-methyl/N-ethyl adjacent to an activating group) is 1. The Kier molecular flexibility index (Phi) is 8.26. The maximum atomic E-state index is 13.3. The molecule has 1 aromatic rings. The molecule has 3 heterocycles. The number of aromatic nitrogens is 1. The number of ether oxygens (including phenoxy) is 2. The first-order chi connectivity index (χ1) is 15.3. The fraction of sp³-hybridized carbons (Fsp3) is 0.625. The number of aliphatic hydroxyl groups is 1. The topological polar surface area (TPSA) is 92.2 Å². The summed E-state index contributed by atoms with van der Waals surface area (Å²) in [6.45, 7) is 7.63. The third-order valence-electron chi connectivity index (χ3n) is 6.30. The molecule has 0 bridgehead atoms. The number of hydrogen-bond donors (Lipinski definition) is 1. The van der Waals surface area contributed by atoms with E-state index < -0.39 is 0 Å². The third-order valence-corrected chi connectivity index (χ3v) is 6.30. The molecule has 0 spiro atoms. The zero-order valence-electron chi connectivity index (χ0n) is 19.5. The second kappa shape index (κ2) is 10.9. The highest BCUT2D eigenvalue weighted by Gasteiger charge is 2.35. The highest BCUT2D eigenvalue weighted by molar-refractivity contribution is 5.97. The van der Waals surface area contributed by atoms with Gasteiger partial charge in [0.25, 0.3) is 5.91 Å². The lowest BCUT2D eigenvalue weighted by atomic mass is 9.97. The molecule has 3 atom stereocenters. The van der Waals surface area contributed by atoms with Crippen LogP contribution in [0.4, 0.5) is 0 Å². The number of rotatable bonds is 6. The largest absolute Gasteiger partial charge is 0.472 e. The third kappa shape index (κ3) is 5.48. The van der Waals surface area contributed by atoms with Crippen molar-refractivity contribution in [3.05, 3.63) is 29.5 Å². The summed E-state index contributed by atoms with van der Waals surface area (Å²) in [5.41, 5.74) is 1.17. The van der Waals surface area contributed by atoms with E-state index in [1.54, 1.807) is 29.1 Å². The zero-order valence-corrected chi connectivity index (χ0v) is 19.5. The van der Waals surface area contributed by atoms with Crippen molar-refractivity contribution in [1.29, 1.82) is 0 Å². The Morgan fingerprint density at radius 3 is 2.78 bits per heavy atom. The minimum absolute atomic E-state index is 0.0288. The molecule has 3 rings (SSSR count). The molecular weight excluding hydrogens is 410 g/mol. The molecule has 1 fully saturated rings. The first kappa shape index (κ1) is 24.2. The zero-order chi connectivity index (χ0) is 23.3. The SMILES string of the molecule is CC=Cc1cnc2c(c1)C(=O)N([C@H](C)CO)C[C@H](C)[C@H](CN(C)C(=O)C1CCOCC1)O2. The van der Waals surface area contributed by atoms with Gasteiger partial charge in [0.2, 0.25) is 11.8 Å². The second-order valence-electron chi connectivity index (χ2n) is 8.85. The molecule has 0 unspecified atom stereocenters. The fourth-order valence-corrected chi connectivity index (χ4v) is 4.24. The predicted molar refractivity (Wildman–Crippen MR) is 121 cm³/mol. The van der Waals surface area contributed by atoms with Gasteiger partial charge in [-0.05, 0) is 38.3 Å². The van der Waals surface area contributed by atoms with Crippen LogP contribution >= 0.6 is 0 Å². The molecule has 0 saturated carbocycles. The Balaban J connectivity index is 1.88. The Morgan fingerprint density at radius 2 is 2.12 bits per heavy atom. The summed E-state index contributed by atoms with van der Waals surface area (Å²) in [7, 11) is 1.80. The van der Waals surface area contributed by atoms with Crippen molar-refractivity contribution in [3.63, 3.8) is 0 Å². The van der Waals surface area contributed by atoms with Crippen molar-refractivity contribution >= 4 is 17.9 Å². The molecule has 2 aliphatic heterocycles. The van der Waals surface area contributed by atoms with Crippen LogP contribution in [0, 0.1) is 11.8 Å². The van der Waals surface area contributed by atoms with Gasteiger partial charge in [0, 0.05) is 44.8 Å². The van der Waals surface area contributed by atoms with Crippen LogP contribution in [0.1, 0.15) is 49.5 Å². The summed E-state index contributed by atoms with van der Waals surface area (Å²) in [5, 5.41) is 9.75. The number of carbonyl (C=O) groups excluding carboxylic acids is 2. The van der Waals surface area contributed by atoms with E-state index in [9.17, 15) is 14.7 Å². The molecule has 8 heteroatoms. The molecule has 2 amide bonds. The Hall–Kier alpha value is -2.45. The van der Waals surface area contributed by atoms with Crippen molar-refractivity contribution in [1.82, 2.24) is 14.8 Å². The molecule has 8 nitrogen and oxygen atoms in total. The van der Waals surface area contributed by atoms with Crippen LogP contribution in [0.5, 0.6) is 5.88 Å². The van der Waals surface area contributed by atoms with Gasteiger partial charge in [-0.2, -0.15) is 0 Å². The monoisotopic (exact) mass is 445 g/mol. The summed E-state index contributed by atoms with van der Waals surface area (Å²) >= 11 is 0. The van der Waals surface area contributed by atoms with Gasteiger partial charge in [0.05, 0.1) is 19.2 Å². The van der Waals surface area contributed by atoms with E-state index >= 15 is 0 Å². The van der Waals surface area contributed by atoms with Gasteiger partial charge in [-0.15, -0.1) is 0 Å². The normalized spacial score (nSPS) is 23.3. The highest BCUT2D eigenvalue weighted by Crippen LogP contribution is 2.28. The van der Waals surface area contributed by atoms with Gasteiger partial charge in [0.15, 0.2) is 0 Å². The molecule has 1 aromatic heterocycles. The number of aliphatic hydroxyl groups excluding tert-OH is 1. The van der Waals surface area contributed by atoms with Crippen LogP contribution in [0.2, 0.25) is 0 Å². The Bertz CT molecular complexity index is 837. The first-order valence-corrected chi connectivity index (χ1v) is 11.4. The molecule has 0 radical (unpaired) electrons. The van der Waals surface area contributed by atoms with Gasteiger partial charge in [0.1, 0.15) is 11.7 Å². The highest BCUT2D eigenvalue weighted by atomic mass is 16.5. The van der Waals surface area contributed by atoms with Gasteiger partial charge in [-0.1, -0.05) is 19.1 Å². The van der Waals surface area contributed by atoms with E-state index in [0.717, 1.165) is 18.4 Å². The lowest BCUT2D eigenvalue weighted by Gasteiger charge is -2.38. The minimum Gasteiger partial charge on any atom is -0.472 e. The molecular formula is C24H35N3O5. The van der Waals surface area contributed by atoms with E-state index in [2.05, 4.69) is 4.98 Å². The average Bonchev–Trinajstić information content (AvgIpc) is 2.81. The number of hydrogen-bond acceptors (Lipinski definition) is 6. The lowest BCUT2D eigenvalue weighted by molar-refractivity contribution is -0.138. The van der Waals surface area contributed by atoms with Crippen LogP contribution in [-0.4, -0.2) is 83.8 Å². The minimum atomic E-state index is -0.344. The molecule has 1 saturated heterocycles. The van der Waals surface area contributed by atoms with Crippen LogP contribution in [0.3, 0.4) is 0 Å². The first-order valence-electron chi connectivity index (χ1n) is 11.4. The van der Waals surface area contributed by atoms with E-state index in [4.69, 9.17) is 9.47 Å². The maximum Gasteiger partial charge on any atom is 0.259 e. The van der Waals surface area contributed by atoms with Crippen LogP contribution in [0.25, 0.3) is 6.08 Å². The number of allylic oxidation sites excluding steroid dienone is 1. The summed E-state index contributed by atoms with van der Waals surface area (Å²) in [4.78, 5) is 34.1. The van der Waals surface area contributed by atoms with E-state index in [-0.39, 0.29) is 48.3 Å². The van der Waals surface area contributed by atoms with Gasteiger partial charge < -0.3 is 24.4 Å². The molecule has 2 aliphatic rings. The van der Waals surface area contributed by atoms with Crippen molar-refractivity contribution in [2.75, 3.05) is 40.0 Å². The maximum absolute atomic E-state index is 13.3. The van der Waals surface area contributed by atoms with Crippen molar-refractivity contribution < 1.29 is 24.2 Å². The number of fused-ring (bicyclic) bond motifs is 1. The van der Waals surface area contributed by atoms with E-state index in [1.807, 2.05) is 32.9 Å². The van der Waals surface area contributed by atoms with Gasteiger partial charge in [-0.25, -0.2) is 4.98 Å². The summed E-state index contributed by atoms with van der Waals surface area (Å²) in [5.74, 6) is 0.0561. The van der Waals surface area contributed by atoms with Crippen LogP contribution in [-0.2, 0) is 9.53 Å². The summed E-state index contributed by atoms with van der Waals surface area (Å²) in [6, 6.07) is 1.43. The number of nitrogens with zero attached hydrogens (tertiary/aromatic N) is 3.